The molecule has 2 amide bonds. The van der Waals surface area contributed by atoms with E-state index in [1.807, 2.05) is 20.8 Å². The Hall–Kier alpha value is -1.34. The number of hydrogen-bond acceptors (Lipinski definition) is 4. The van der Waals surface area contributed by atoms with E-state index in [9.17, 15) is 19.8 Å². The molecule has 0 saturated carbocycles. The van der Waals surface area contributed by atoms with Crippen molar-refractivity contribution in [3.63, 3.8) is 0 Å². The second-order valence-electron chi connectivity index (χ2n) is 6.59. The van der Waals surface area contributed by atoms with Crippen LogP contribution < -0.4 is 5.32 Å². The molecule has 7 heteroatoms. The minimum Gasteiger partial charge on any atom is -0.481 e. The number of rotatable bonds is 5. The van der Waals surface area contributed by atoms with Gasteiger partial charge in [-0.1, -0.05) is 20.8 Å². The van der Waals surface area contributed by atoms with Crippen LogP contribution in [0.15, 0.2) is 0 Å². The Labute approximate surface area is 125 Å². The molecule has 1 rings (SSSR count). The Kier molecular flexibility index (Phi) is 6.42. The van der Waals surface area contributed by atoms with Crippen LogP contribution in [0, 0.1) is 11.3 Å². The number of carboxylic acids is 1. The van der Waals surface area contributed by atoms with Crippen molar-refractivity contribution in [2.75, 3.05) is 32.9 Å². The minimum atomic E-state index is -0.911. The maximum atomic E-state index is 12.1. The molecule has 3 N–H and O–H groups in total. The second kappa shape index (κ2) is 7.61. The molecule has 2 atom stereocenters. The molecule has 0 bridgehead atoms. The summed E-state index contributed by atoms with van der Waals surface area (Å²) in [5.41, 5.74) is -0.125. The average molecular weight is 302 g/mol. The van der Waals surface area contributed by atoms with Crippen molar-refractivity contribution in [2.24, 2.45) is 11.3 Å². The molecule has 0 aromatic carbocycles. The van der Waals surface area contributed by atoms with Crippen LogP contribution in [-0.4, -0.2) is 66.1 Å². The lowest BCUT2D eigenvalue weighted by Crippen LogP contribution is -2.54. The van der Waals surface area contributed by atoms with E-state index in [2.05, 4.69) is 5.32 Å². The number of aliphatic hydroxyl groups is 1. The fourth-order valence-corrected chi connectivity index (χ4v) is 2.37. The Bertz CT molecular complexity index is 367. The predicted octanol–water partition coefficient (Wildman–Crippen LogP) is 0.526. The highest BCUT2D eigenvalue weighted by atomic mass is 16.5. The topological polar surface area (TPSA) is 99.1 Å². The van der Waals surface area contributed by atoms with Gasteiger partial charge in [-0.25, -0.2) is 4.79 Å². The Balaban J connectivity index is 2.54. The third-order valence-electron chi connectivity index (χ3n) is 3.41. The van der Waals surface area contributed by atoms with Gasteiger partial charge < -0.3 is 25.2 Å². The van der Waals surface area contributed by atoms with Crippen molar-refractivity contribution in [1.29, 1.82) is 0 Å². The minimum absolute atomic E-state index is 0.0843. The van der Waals surface area contributed by atoms with Gasteiger partial charge in [-0.15, -0.1) is 0 Å². The van der Waals surface area contributed by atoms with Gasteiger partial charge in [0.15, 0.2) is 0 Å². The average Bonchev–Trinajstić information content (AvgIpc) is 2.41. The lowest BCUT2D eigenvalue weighted by atomic mass is 9.84. The Morgan fingerprint density at radius 1 is 1.43 bits per heavy atom. The number of hydrogen-bond donors (Lipinski definition) is 3. The van der Waals surface area contributed by atoms with Gasteiger partial charge in [0.2, 0.25) is 0 Å². The summed E-state index contributed by atoms with van der Waals surface area (Å²) in [4.78, 5) is 24.9. The first-order chi connectivity index (χ1) is 9.74. The van der Waals surface area contributed by atoms with Crippen molar-refractivity contribution in [2.45, 2.75) is 33.2 Å². The molecule has 0 aromatic rings. The number of aliphatic carboxylic acids is 1. The highest BCUT2D eigenvalue weighted by Gasteiger charge is 2.29. The molecule has 0 aromatic heterocycles. The van der Waals surface area contributed by atoms with Crippen LogP contribution in [0.5, 0.6) is 0 Å². The molecule has 1 saturated heterocycles. The summed E-state index contributed by atoms with van der Waals surface area (Å²) in [6, 6.07) is -0.720. The van der Waals surface area contributed by atoms with Crippen LogP contribution in [0.3, 0.4) is 0 Å². The number of nitrogens with one attached hydrogen (secondary N) is 1. The quantitative estimate of drug-likeness (QED) is 0.688. The normalized spacial score (nSPS) is 21.0. The number of carbonyl (C=O) groups is 2. The molecule has 21 heavy (non-hydrogen) atoms. The lowest BCUT2D eigenvalue weighted by molar-refractivity contribution is -0.142. The summed E-state index contributed by atoms with van der Waals surface area (Å²) in [5, 5.41) is 21.1. The zero-order chi connectivity index (χ0) is 16.0. The first-order valence-corrected chi connectivity index (χ1v) is 7.20. The highest BCUT2D eigenvalue weighted by Crippen LogP contribution is 2.24. The van der Waals surface area contributed by atoms with E-state index in [0.717, 1.165) is 0 Å². The molecule has 1 fully saturated rings. The number of amides is 2. The molecular formula is C14H26N2O5. The predicted molar refractivity (Wildman–Crippen MR) is 77.0 cm³/mol. The van der Waals surface area contributed by atoms with Crippen molar-refractivity contribution < 1.29 is 24.5 Å². The zero-order valence-electron chi connectivity index (χ0n) is 13.0. The molecule has 0 spiro atoms. The number of urea groups is 1. The largest absolute Gasteiger partial charge is 0.481 e. The van der Waals surface area contributed by atoms with E-state index in [1.165, 1.54) is 4.90 Å². The SMILES string of the molecule is CC(C)(C)CC(CNC(=O)N1CCOCC1CO)C(=O)O. The Morgan fingerprint density at radius 3 is 2.62 bits per heavy atom. The number of carbonyl (C=O) groups excluding carboxylic acids is 1. The summed E-state index contributed by atoms with van der Waals surface area (Å²) < 4.78 is 5.21. The van der Waals surface area contributed by atoms with E-state index in [4.69, 9.17) is 4.74 Å². The number of morpholine rings is 1. The van der Waals surface area contributed by atoms with Crippen molar-refractivity contribution in [1.82, 2.24) is 10.2 Å². The van der Waals surface area contributed by atoms with E-state index < -0.39 is 11.9 Å². The van der Waals surface area contributed by atoms with Gasteiger partial charge in [-0.2, -0.15) is 0 Å². The van der Waals surface area contributed by atoms with Gasteiger partial charge in [0.1, 0.15) is 0 Å². The third-order valence-corrected chi connectivity index (χ3v) is 3.41. The van der Waals surface area contributed by atoms with Gasteiger partial charge in [0.25, 0.3) is 0 Å². The van der Waals surface area contributed by atoms with Gasteiger partial charge in [0.05, 0.1) is 31.8 Å². The van der Waals surface area contributed by atoms with Gasteiger partial charge in [-0.3, -0.25) is 4.79 Å². The van der Waals surface area contributed by atoms with E-state index >= 15 is 0 Å². The number of nitrogens with zero attached hydrogens (tertiary/aromatic N) is 1. The molecule has 7 nitrogen and oxygen atoms in total. The fraction of sp³-hybridized carbons (Fsp3) is 0.857. The molecule has 1 aliphatic heterocycles. The van der Waals surface area contributed by atoms with Gasteiger partial charge >= 0.3 is 12.0 Å². The van der Waals surface area contributed by atoms with Crippen molar-refractivity contribution in [3.8, 4) is 0 Å². The fourth-order valence-electron chi connectivity index (χ4n) is 2.37. The molecule has 1 aliphatic rings. The number of carboxylic acid groups (broad SMARTS) is 1. The van der Waals surface area contributed by atoms with E-state index in [1.54, 1.807) is 0 Å². The van der Waals surface area contributed by atoms with E-state index in [0.29, 0.717) is 26.2 Å². The van der Waals surface area contributed by atoms with Crippen LogP contribution >= 0.6 is 0 Å². The summed E-state index contributed by atoms with van der Waals surface area (Å²) >= 11 is 0. The van der Waals surface area contributed by atoms with E-state index in [-0.39, 0.29) is 30.6 Å². The maximum Gasteiger partial charge on any atom is 0.317 e. The summed E-state index contributed by atoms with van der Waals surface area (Å²) in [5.74, 6) is -1.53. The van der Waals surface area contributed by atoms with Gasteiger partial charge in [0, 0.05) is 13.1 Å². The smallest absolute Gasteiger partial charge is 0.317 e. The summed E-state index contributed by atoms with van der Waals surface area (Å²) in [6.45, 7) is 6.94. The standard InChI is InChI=1S/C14H26N2O5/c1-14(2,3)6-10(12(18)19)7-15-13(20)16-4-5-21-9-11(16)8-17/h10-11,17H,4-9H2,1-3H3,(H,15,20)(H,18,19). The first-order valence-electron chi connectivity index (χ1n) is 7.20. The van der Waals surface area contributed by atoms with Crippen LogP contribution in [0.4, 0.5) is 4.79 Å². The van der Waals surface area contributed by atoms with Gasteiger partial charge in [-0.05, 0) is 11.8 Å². The number of ether oxygens (including phenoxy) is 1. The maximum absolute atomic E-state index is 12.1. The summed E-state index contributed by atoms with van der Waals surface area (Å²) in [6.07, 6.45) is 0.481. The van der Waals surface area contributed by atoms with Crippen LogP contribution in [0.2, 0.25) is 0 Å². The third kappa shape index (κ3) is 5.89. The monoisotopic (exact) mass is 302 g/mol. The second-order valence-corrected chi connectivity index (χ2v) is 6.59. The molecule has 0 radical (unpaired) electrons. The molecule has 0 aliphatic carbocycles. The Morgan fingerprint density at radius 2 is 2.10 bits per heavy atom. The molecule has 2 unspecified atom stereocenters. The molecule has 1 heterocycles. The number of aliphatic hydroxyl groups excluding tert-OH is 1. The first kappa shape index (κ1) is 17.7. The van der Waals surface area contributed by atoms with Crippen LogP contribution in [-0.2, 0) is 9.53 Å². The zero-order valence-corrected chi connectivity index (χ0v) is 13.0. The summed E-state index contributed by atoms with van der Waals surface area (Å²) in [7, 11) is 0. The lowest BCUT2D eigenvalue weighted by Gasteiger charge is -2.34. The van der Waals surface area contributed by atoms with Crippen molar-refractivity contribution >= 4 is 12.0 Å². The van der Waals surface area contributed by atoms with Crippen LogP contribution in [0.25, 0.3) is 0 Å². The van der Waals surface area contributed by atoms with Crippen LogP contribution in [0.1, 0.15) is 27.2 Å². The van der Waals surface area contributed by atoms with Crippen molar-refractivity contribution in [3.05, 3.63) is 0 Å². The molecule has 122 valence electrons. The highest BCUT2D eigenvalue weighted by molar-refractivity contribution is 5.76. The molecular weight excluding hydrogens is 276 g/mol.